The number of aldehydes is 1. The standard InChI is InChI=1S/C30H27ClN4O5/c31-23-6-4-20(5-7-23)18-35-29(38)27(34-28(37)22-12-14-39-15-13-22)17-32-30(35)33-24-8-10-25(11-9-24)40-26-3-1-2-21(16-26)19-36/h1-11,16-17,19,22H,12-15,18H2,(H,32,33)(H,34,37). The van der Waals surface area contributed by atoms with Crippen molar-refractivity contribution in [2.24, 2.45) is 5.92 Å². The fourth-order valence-electron chi connectivity index (χ4n) is 4.31. The SMILES string of the molecule is O=Cc1cccc(Oc2ccc(Nc3ncc(NC(=O)C4CCOCC4)c(=O)n3Cc3ccc(Cl)cc3)cc2)c1. The highest BCUT2D eigenvalue weighted by Gasteiger charge is 2.23. The summed E-state index contributed by atoms with van der Waals surface area (Å²) < 4.78 is 12.7. The maximum atomic E-state index is 13.6. The van der Waals surface area contributed by atoms with Crippen LogP contribution in [-0.4, -0.2) is 35.0 Å². The Morgan fingerprint density at radius 1 is 1.05 bits per heavy atom. The molecule has 0 radical (unpaired) electrons. The van der Waals surface area contributed by atoms with Crippen LogP contribution in [0.4, 0.5) is 17.3 Å². The molecule has 204 valence electrons. The van der Waals surface area contributed by atoms with Gasteiger partial charge in [-0.15, -0.1) is 0 Å². The topological polar surface area (TPSA) is 112 Å². The van der Waals surface area contributed by atoms with Gasteiger partial charge in [-0.05, 0) is 66.9 Å². The van der Waals surface area contributed by atoms with Crippen LogP contribution in [-0.2, 0) is 16.1 Å². The third kappa shape index (κ3) is 6.74. The number of hydrogen-bond acceptors (Lipinski definition) is 7. The second kappa shape index (κ2) is 12.6. The molecule has 0 saturated carbocycles. The van der Waals surface area contributed by atoms with E-state index in [0.29, 0.717) is 59.8 Å². The Hall–Kier alpha value is -4.47. The number of nitrogens with zero attached hydrogens (tertiary/aromatic N) is 2. The number of carbonyl (C=O) groups excluding carboxylic acids is 2. The maximum Gasteiger partial charge on any atom is 0.279 e. The number of carbonyl (C=O) groups is 2. The van der Waals surface area contributed by atoms with E-state index in [1.165, 1.54) is 10.8 Å². The molecule has 0 atom stereocenters. The zero-order valence-corrected chi connectivity index (χ0v) is 22.3. The molecule has 1 amide bonds. The van der Waals surface area contributed by atoms with E-state index in [4.69, 9.17) is 21.1 Å². The Kier molecular flexibility index (Phi) is 8.53. The molecule has 0 aliphatic carbocycles. The second-order valence-electron chi connectivity index (χ2n) is 9.33. The van der Waals surface area contributed by atoms with Crippen molar-refractivity contribution in [1.82, 2.24) is 9.55 Å². The average molecular weight is 559 g/mol. The molecule has 40 heavy (non-hydrogen) atoms. The van der Waals surface area contributed by atoms with Gasteiger partial charge in [-0.1, -0.05) is 35.9 Å². The molecule has 1 aliphatic heterocycles. The number of ether oxygens (including phenoxy) is 2. The fraction of sp³-hybridized carbons (Fsp3) is 0.200. The van der Waals surface area contributed by atoms with E-state index < -0.39 is 0 Å². The summed E-state index contributed by atoms with van der Waals surface area (Å²) in [7, 11) is 0. The maximum absolute atomic E-state index is 13.6. The predicted octanol–water partition coefficient (Wildman–Crippen LogP) is 5.66. The molecular weight excluding hydrogens is 532 g/mol. The predicted molar refractivity (Wildman–Crippen MR) is 153 cm³/mol. The van der Waals surface area contributed by atoms with Crippen LogP contribution < -0.4 is 20.9 Å². The largest absolute Gasteiger partial charge is 0.457 e. The highest BCUT2D eigenvalue weighted by Crippen LogP contribution is 2.25. The fourth-order valence-corrected chi connectivity index (χ4v) is 4.44. The highest BCUT2D eigenvalue weighted by molar-refractivity contribution is 6.30. The van der Waals surface area contributed by atoms with Crippen molar-refractivity contribution in [3.8, 4) is 11.5 Å². The van der Waals surface area contributed by atoms with Gasteiger partial charge in [0.1, 0.15) is 23.5 Å². The van der Waals surface area contributed by atoms with Gasteiger partial charge in [0.05, 0.1) is 12.7 Å². The minimum absolute atomic E-state index is 0.109. The molecule has 5 rings (SSSR count). The van der Waals surface area contributed by atoms with E-state index in [9.17, 15) is 14.4 Å². The summed E-state index contributed by atoms with van der Waals surface area (Å²) in [6.45, 7) is 1.25. The van der Waals surface area contributed by atoms with Crippen molar-refractivity contribution < 1.29 is 19.1 Å². The lowest BCUT2D eigenvalue weighted by molar-refractivity contribution is -0.122. The van der Waals surface area contributed by atoms with Crippen LogP contribution >= 0.6 is 11.6 Å². The van der Waals surface area contributed by atoms with Gasteiger partial charge in [0.15, 0.2) is 0 Å². The van der Waals surface area contributed by atoms with Crippen molar-refractivity contribution in [3.63, 3.8) is 0 Å². The Labute approximate surface area is 235 Å². The van der Waals surface area contributed by atoms with Gasteiger partial charge in [0.2, 0.25) is 11.9 Å². The van der Waals surface area contributed by atoms with Crippen molar-refractivity contribution in [2.45, 2.75) is 19.4 Å². The number of hydrogen-bond donors (Lipinski definition) is 2. The lowest BCUT2D eigenvalue weighted by Crippen LogP contribution is -2.33. The van der Waals surface area contributed by atoms with Crippen LogP contribution in [0.1, 0.15) is 28.8 Å². The van der Waals surface area contributed by atoms with Gasteiger partial charge in [-0.2, -0.15) is 0 Å². The minimum Gasteiger partial charge on any atom is -0.457 e. The van der Waals surface area contributed by atoms with Gasteiger partial charge in [0.25, 0.3) is 5.56 Å². The molecule has 0 unspecified atom stereocenters. The molecule has 2 heterocycles. The number of amides is 1. The number of rotatable bonds is 9. The lowest BCUT2D eigenvalue weighted by Gasteiger charge is -2.21. The van der Waals surface area contributed by atoms with Crippen LogP contribution in [0.3, 0.4) is 0 Å². The van der Waals surface area contributed by atoms with Gasteiger partial charge in [-0.3, -0.25) is 19.0 Å². The van der Waals surface area contributed by atoms with Crippen LogP contribution in [0.2, 0.25) is 5.02 Å². The monoisotopic (exact) mass is 558 g/mol. The first-order valence-corrected chi connectivity index (χ1v) is 13.2. The van der Waals surface area contributed by atoms with Gasteiger partial charge in [0, 0.05) is 35.4 Å². The van der Waals surface area contributed by atoms with E-state index in [2.05, 4.69) is 15.6 Å². The molecule has 2 N–H and O–H groups in total. The number of benzene rings is 3. The van der Waals surface area contributed by atoms with E-state index in [1.807, 2.05) is 12.1 Å². The molecule has 1 saturated heterocycles. The highest BCUT2D eigenvalue weighted by atomic mass is 35.5. The quantitative estimate of drug-likeness (QED) is 0.255. The van der Waals surface area contributed by atoms with E-state index >= 15 is 0 Å². The summed E-state index contributed by atoms with van der Waals surface area (Å²) in [4.78, 5) is 41.9. The third-order valence-electron chi connectivity index (χ3n) is 6.49. The zero-order chi connectivity index (χ0) is 27.9. The summed E-state index contributed by atoms with van der Waals surface area (Å²) in [5.74, 6) is 0.998. The van der Waals surface area contributed by atoms with Gasteiger partial charge >= 0.3 is 0 Å². The summed E-state index contributed by atoms with van der Waals surface area (Å²) in [6, 6.07) is 21.1. The first-order chi connectivity index (χ1) is 19.5. The number of halogens is 1. The van der Waals surface area contributed by atoms with Crippen molar-refractivity contribution >= 4 is 41.1 Å². The van der Waals surface area contributed by atoms with E-state index in [0.717, 1.165) is 11.8 Å². The Morgan fingerprint density at radius 3 is 2.52 bits per heavy atom. The molecule has 3 aromatic carbocycles. The molecule has 1 fully saturated rings. The van der Waals surface area contributed by atoms with E-state index in [-0.39, 0.29) is 29.6 Å². The molecule has 1 aromatic heterocycles. The summed E-state index contributed by atoms with van der Waals surface area (Å²) in [5.41, 5.74) is 1.75. The molecule has 0 bridgehead atoms. The Morgan fingerprint density at radius 2 is 1.80 bits per heavy atom. The summed E-state index contributed by atoms with van der Waals surface area (Å²) in [6.07, 6.45) is 3.36. The van der Waals surface area contributed by atoms with Crippen LogP contribution in [0.5, 0.6) is 11.5 Å². The molecule has 4 aromatic rings. The molecule has 0 spiro atoms. The number of aromatic nitrogens is 2. The molecular formula is C30H27ClN4O5. The van der Waals surface area contributed by atoms with E-state index in [1.54, 1.807) is 60.7 Å². The van der Waals surface area contributed by atoms with Crippen LogP contribution in [0, 0.1) is 5.92 Å². The third-order valence-corrected chi connectivity index (χ3v) is 6.74. The first-order valence-electron chi connectivity index (χ1n) is 12.8. The zero-order valence-electron chi connectivity index (χ0n) is 21.5. The molecule has 9 nitrogen and oxygen atoms in total. The van der Waals surface area contributed by atoms with Crippen molar-refractivity contribution in [1.29, 1.82) is 0 Å². The normalized spacial score (nSPS) is 13.4. The van der Waals surface area contributed by atoms with Crippen LogP contribution in [0.25, 0.3) is 0 Å². The summed E-state index contributed by atoms with van der Waals surface area (Å²) >= 11 is 6.04. The average Bonchev–Trinajstić information content (AvgIpc) is 2.99. The smallest absolute Gasteiger partial charge is 0.279 e. The lowest BCUT2D eigenvalue weighted by atomic mass is 9.99. The summed E-state index contributed by atoms with van der Waals surface area (Å²) in [5, 5.41) is 6.55. The number of anilines is 3. The minimum atomic E-state index is -0.386. The second-order valence-corrected chi connectivity index (χ2v) is 9.77. The number of nitrogens with one attached hydrogen (secondary N) is 2. The van der Waals surface area contributed by atoms with Crippen LogP contribution in [0.15, 0.2) is 83.8 Å². The van der Waals surface area contributed by atoms with Gasteiger partial charge < -0.3 is 20.1 Å². The molecule has 1 aliphatic rings. The first kappa shape index (κ1) is 27.1. The Balaban J connectivity index is 1.38. The molecule has 10 heteroatoms. The van der Waals surface area contributed by atoms with Crippen molar-refractivity contribution in [3.05, 3.63) is 105 Å². The Bertz CT molecular complexity index is 1550. The van der Waals surface area contributed by atoms with Gasteiger partial charge in [-0.25, -0.2) is 4.98 Å². The van der Waals surface area contributed by atoms with Crippen molar-refractivity contribution in [2.75, 3.05) is 23.8 Å².